The molecule has 0 aliphatic carbocycles. The van der Waals surface area contributed by atoms with Crippen LogP contribution < -0.4 is 0 Å². The van der Waals surface area contributed by atoms with Crippen LogP contribution in [-0.2, 0) is 10.0 Å². The molecule has 0 N–H and O–H groups in total. The molecule has 5 nitrogen and oxygen atoms in total. The molecule has 0 fully saturated rings. The van der Waals surface area contributed by atoms with E-state index < -0.39 is 10.0 Å². The second-order valence-corrected chi connectivity index (χ2v) is 8.50. The summed E-state index contributed by atoms with van der Waals surface area (Å²) in [6.45, 7) is 12.3. The minimum Gasteiger partial charge on any atom is -0.222 e. The third-order valence-electron chi connectivity index (χ3n) is 3.98. The van der Waals surface area contributed by atoms with Crippen molar-refractivity contribution in [1.29, 1.82) is 0 Å². The molecule has 126 valence electrons. The molecule has 0 atom stereocenters. The minimum absolute atomic E-state index is 0.0968. The van der Waals surface area contributed by atoms with Gasteiger partial charge in [0.1, 0.15) is 12.7 Å². The van der Waals surface area contributed by atoms with Gasteiger partial charge in [-0.3, -0.25) is 0 Å². The monoisotopic (exact) mass is 335 g/mol. The zero-order valence-corrected chi connectivity index (χ0v) is 15.4. The summed E-state index contributed by atoms with van der Waals surface area (Å²) < 4.78 is 27.1. The van der Waals surface area contributed by atoms with Gasteiger partial charge in [-0.2, -0.15) is 8.42 Å². The number of aromatic nitrogens is 3. The Hall–Kier alpha value is -1.69. The first kappa shape index (κ1) is 17.7. The molecule has 0 radical (unpaired) electrons. The molecule has 0 unspecified atom stereocenters. The van der Waals surface area contributed by atoms with Crippen LogP contribution in [-0.4, -0.2) is 22.6 Å². The van der Waals surface area contributed by atoms with Crippen molar-refractivity contribution in [3.05, 3.63) is 41.5 Å². The van der Waals surface area contributed by atoms with E-state index in [2.05, 4.69) is 23.9 Å². The zero-order chi connectivity index (χ0) is 17.4. The fraction of sp³-hybridized carbons (Fsp3) is 0.529. The van der Waals surface area contributed by atoms with Crippen LogP contribution >= 0.6 is 0 Å². The third kappa shape index (κ3) is 3.32. The van der Waals surface area contributed by atoms with E-state index in [4.69, 9.17) is 0 Å². The Morgan fingerprint density at radius 3 is 1.78 bits per heavy atom. The lowest BCUT2D eigenvalue weighted by Gasteiger charge is -2.22. The molecule has 0 bridgehead atoms. The lowest BCUT2D eigenvalue weighted by Crippen LogP contribution is -2.19. The van der Waals surface area contributed by atoms with Gasteiger partial charge in [0, 0.05) is 0 Å². The Balaban J connectivity index is 2.85. The minimum atomic E-state index is -3.75. The predicted octanol–water partition coefficient (Wildman–Crippen LogP) is 3.89. The highest BCUT2D eigenvalue weighted by molar-refractivity contribution is 7.90. The Morgan fingerprint density at radius 2 is 1.43 bits per heavy atom. The van der Waals surface area contributed by atoms with Crippen molar-refractivity contribution < 1.29 is 8.42 Å². The van der Waals surface area contributed by atoms with E-state index in [1.165, 1.54) is 12.7 Å². The molecule has 1 heterocycles. The van der Waals surface area contributed by atoms with Gasteiger partial charge in [-0.05, 0) is 34.4 Å². The Labute approximate surface area is 138 Å². The Bertz CT molecular complexity index is 747. The van der Waals surface area contributed by atoms with Crippen molar-refractivity contribution in [2.45, 2.75) is 64.2 Å². The van der Waals surface area contributed by atoms with Crippen LogP contribution in [0.1, 0.15) is 76.0 Å². The number of nitrogens with zero attached hydrogens (tertiary/aromatic N) is 3. The molecular formula is C17H25N3O2S. The zero-order valence-electron chi connectivity index (χ0n) is 14.6. The summed E-state index contributed by atoms with van der Waals surface area (Å²) in [6.07, 6.45) is 2.48. The van der Waals surface area contributed by atoms with Crippen molar-refractivity contribution in [2.24, 2.45) is 0 Å². The van der Waals surface area contributed by atoms with Crippen molar-refractivity contribution in [3.8, 4) is 0 Å². The second kappa shape index (κ2) is 6.43. The van der Waals surface area contributed by atoms with Gasteiger partial charge in [0.05, 0.1) is 4.90 Å². The van der Waals surface area contributed by atoms with E-state index in [1.807, 2.05) is 39.8 Å². The van der Waals surface area contributed by atoms with Gasteiger partial charge in [-0.1, -0.05) is 53.7 Å². The molecular weight excluding hydrogens is 310 g/mol. The Kier molecular flexibility index (Phi) is 4.94. The van der Waals surface area contributed by atoms with Crippen LogP contribution in [0, 0.1) is 0 Å². The lowest BCUT2D eigenvalue weighted by atomic mass is 9.89. The van der Waals surface area contributed by atoms with Crippen molar-refractivity contribution in [1.82, 2.24) is 14.2 Å². The summed E-state index contributed by atoms with van der Waals surface area (Å²) in [5.41, 5.74) is 2.85. The molecule has 23 heavy (non-hydrogen) atoms. The molecule has 0 aliphatic heterocycles. The first-order valence-electron chi connectivity index (χ1n) is 7.94. The first-order chi connectivity index (χ1) is 10.7. The van der Waals surface area contributed by atoms with Crippen LogP contribution in [0.4, 0.5) is 0 Å². The van der Waals surface area contributed by atoms with E-state index in [0.29, 0.717) is 10.8 Å². The summed E-state index contributed by atoms with van der Waals surface area (Å²) in [5, 5.41) is 3.84. The summed E-state index contributed by atoms with van der Waals surface area (Å²) in [5.74, 6) is 0.534. The molecule has 6 heteroatoms. The summed E-state index contributed by atoms with van der Waals surface area (Å²) in [6, 6.07) is 4.04. The van der Waals surface area contributed by atoms with E-state index in [9.17, 15) is 8.42 Å². The molecule has 1 aromatic carbocycles. The molecule has 2 aromatic rings. The molecule has 0 spiro atoms. The van der Waals surface area contributed by atoms with Gasteiger partial charge in [0.15, 0.2) is 0 Å². The molecule has 0 aliphatic rings. The van der Waals surface area contributed by atoms with Gasteiger partial charge in [-0.25, -0.2) is 4.98 Å². The molecule has 0 amide bonds. The van der Waals surface area contributed by atoms with Gasteiger partial charge in [0.2, 0.25) is 0 Å². The quantitative estimate of drug-likeness (QED) is 0.831. The molecule has 0 saturated carbocycles. The number of hydrogen-bond acceptors (Lipinski definition) is 4. The highest BCUT2D eigenvalue weighted by Crippen LogP contribution is 2.35. The maximum Gasteiger partial charge on any atom is 0.284 e. The maximum atomic E-state index is 13.1. The topological polar surface area (TPSA) is 64.8 Å². The van der Waals surface area contributed by atoms with Crippen molar-refractivity contribution in [2.75, 3.05) is 0 Å². The normalized spacial score (nSPS) is 12.6. The first-order valence-corrected chi connectivity index (χ1v) is 9.38. The molecule has 1 aromatic heterocycles. The highest BCUT2D eigenvalue weighted by Gasteiger charge is 2.28. The second-order valence-electron chi connectivity index (χ2n) is 6.77. The maximum absolute atomic E-state index is 13.1. The molecule has 0 saturated heterocycles. The van der Waals surface area contributed by atoms with Gasteiger partial charge in [-0.15, -0.1) is 9.19 Å². The van der Waals surface area contributed by atoms with Gasteiger partial charge >= 0.3 is 0 Å². The number of rotatable bonds is 5. The predicted molar refractivity (Wildman–Crippen MR) is 91.3 cm³/mol. The molecule has 2 rings (SSSR count). The SMILES string of the molecule is CC(C)c1cc(C(C)C)c(S(=O)(=O)n2cncn2)c(C(C)C)c1. The highest BCUT2D eigenvalue weighted by atomic mass is 32.2. The van der Waals surface area contributed by atoms with Gasteiger partial charge in [0.25, 0.3) is 10.0 Å². The van der Waals surface area contributed by atoms with E-state index in [1.54, 1.807) is 0 Å². The van der Waals surface area contributed by atoms with Crippen molar-refractivity contribution >= 4 is 10.0 Å². The number of hydrogen-bond donors (Lipinski definition) is 0. The average Bonchev–Trinajstić information content (AvgIpc) is 3.00. The third-order valence-corrected chi connectivity index (χ3v) is 5.65. The smallest absolute Gasteiger partial charge is 0.222 e. The standard InChI is InChI=1S/C17H25N3O2S/c1-11(2)14-7-15(12(3)4)17(16(8-14)13(5)6)23(21,22)20-10-18-9-19-20/h7-13H,1-6H3. The van der Waals surface area contributed by atoms with Crippen LogP contribution in [0.2, 0.25) is 0 Å². The van der Waals surface area contributed by atoms with Crippen LogP contribution in [0.3, 0.4) is 0 Å². The summed E-state index contributed by atoms with van der Waals surface area (Å²) in [4.78, 5) is 4.15. The van der Waals surface area contributed by atoms with Crippen LogP contribution in [0.15, 0.2) is 29.7 Å². The fourth-order valence-corrected chi connectivity index (χ4v) is 4.32. The van der Waals surface area contributed by atoms with Crippen LogP contribution in [0.25, 0.3) is 0 Å². The number of benzene rings is 1. The van der Waals surface area contributed by atoms with E-state index in [-0.39, 0.29) is 11.8 Å². The van der Waals surface area contributed by atoms with Crippen LogP contribution in [0.5, 0.6) is 0 Å². The van der Waals surface area contributed by atoms with Crippen molar-refractivity contribution in [3.63, 3.8) is 0 Å². The summed E-state index contributed by atoms with van der Waals surface area (Å²) in [7, 11) is -3.75. The fourth-order valence-electron chi connectivity index (χ4n) is 2.60. The van der Waals surface area contributed by atoms with E-state index in [0.717, 1.165) is 20.8 Å². The largest absolute Gasteiger partial charge is 0.284 e. The lowest BCUT2D eigenvalue weighted by molar-refractivity contribution is 0.574. The average molecular weight is 335 g/mol. The van der Waals surface area contributed by atoms with Gasteiger partial charge < -0.3 is 0 Å². The Morgan fingerprint density at radius 1 is 0.913 bits per heavy atom. The summed E-state index contributed by atoms with van der Waals surface area (Å²) >= 11 is 0. The van der Waals surface area contributed by atoms with E-state index >= 15 is 0 Å².